The topological polar surface area (TPSA) is 26.0 Å². The normalized spacial score (nSPS) is 9.79. The lowest BCUT2D eigenvalue weighted by Crippen LogP contribution is -2.33. The highest BCUT2D eigenvalue weighted by Crippen LogP contribution is 2.10. The zero-order valence-electron chi connectivity index (χ0n) is 7.92. The second kappa shape index (κ2) is 3.87. The summed E-state index contributed by atoms with van der Waals surface area (Å²) in [5, 5.41) is 4.18. The molecule has 0 unspecified atom stereocenters. The average molecular weight is 187 g/mol. The van der Waals surface area contributed by atoms with Crippen LogP contribution < -0.4 is 9.42 Å². The first kappa shape index (κ1) is 8.69. The number of nitrogens with zero attached hydrogens (tertiary/aromatic N) is 2. The van der Waals surface area contributed by atoms with E-state index in [-0.39, 0.29) is 0 Å². The van der Waals surface area contributed by atoms with Crippen LogP contribution in [0.5, 0.6) is 5.75 Å². The van der Waals surface area contributed by atoms with E-state index in [1.165, 1.54) is 0 Å². The van der Waals surface area contributed by atoms with E-state index in [1.54, 1.807) is 18.0 Å². The number of methoxy groups -OCH3 is 1. The third kappa shape index (κ3) is 1.71. The van der Waals surface area contributed by atoms with Gasteiger partial charge in [0.05, 0.1) is 13.3 Å². The molecule has 1 heterocycles. The molecule has 1 aromatic carbocycles. The number of rotatable bonds is 2. The van der Waals surface area contributed by atoms with Gasteiger partial charge in [0.15, 0.2) is 0 Å². The molecular weight excluding hydrogens is 176 g/mol. The molecule has 0 N–H and O–H groups in total. The highest BCUT2D eigenvalue weighted by molar-refractivity contribution is 5.30. The smallest absolute Gasteiger partial charge is 0.238 e. The lowest BCUT2D eigenvalue weighted by atomic mass is 10.3. The molecule has 2 rings (SSSR count). The van der Waals surface area contributed by atoms with Crippen molar-refractivity contribution in [1.82, 2.24) is 5.10 Å². The van der Waals surface area contributed by atoms with Crippen LogP contribution in [0.4, 0.5) is 0 Å². The molecule has 0 saturated heterocycles. The van der Waals surface area contributed by atoms with Crippen molar-refractivity contribution >= 4 is 0 Å². The number of benzene rings is 1. The lowest BCUT2D eigenvalue weighted by molar-refractivity contribution is -0.659. The molecule has 0 aliphatic heterocycles. The molecule has 0 amide bonds. The van der Waals surface area contributed by atoms with Crippen molar-refractivity contribution in [3.63, 3.8) is 0 Å². The zero-order valence-corrected chi connectivity index (χ0v) is 7.92. The van der Waals surface area contributed by atoms with E-state index in [4.69, 9.17) is 4.74 Å². The zero-order chi connectivity index (χ0) is 9.80. The highest BCUT2D eigenvalue weighted by atomic mass is 16.5. The molecule has 70 valence electrons. The van der Waals surface area contributed by atoms with E-state index < -0.39 is 0 Å². The minimum atomic E-state index is 0.852. The van der Waals surface area contributed by atoms with Gasteiger partial charge in [-0.1, -0.05) is 4.68 Å². The van der Waals surface area contributed by atoms with Gasteiger partial charge < -0.3 is 4.74 Å². The molecule has 0 aliphatic carbocycles. The van der Waals surface area contributed by atoms with Crippen LogP contribution in [0.2, 0.25) is 0 Å². The fourth-order valence-electron chi connectivity index (χ4n) is 1.22. The summed E-state index contributed by atoms with van der Waals surface area (Å²) >= 11 is 0. The molecule has 3 heteroatoms. The van der Waals surface area contributed by atoms with Crippen LogP contribution in [0.1, 0.15) is 0 Å². The molecule has 0 radical (unpaired) electrons. The Hall–Kier alpha value is -1.90. The third-order valence-corrected chi connectivity index (χ3v) is 1.95. The van der Waals surface area contributed by atoms with Gasteiger partial charge in [-0.25, -0.2) is 0 Å². The number of ether oxygens (including phenoxy) is 1. The molecule has 0 atom stereocenters. The highest BCUT2D eigenvalue weighted by Gasteiger charge is 2.05. The maximum absolute atomic E-state index is 5.08. The fourth-order valence-corrected chi connectivity index (χ4v) is 1.22. The van der Waals surface area contributed by atoms with Gasteiger partial charge in [-0.15, -0.1) is 0 Å². The quantitative estimate of drug-likeness (QED) is 0.663. The Morgan fingerprint density at radius 2 is 1.93 bits per heavy atom. The van der Waals surface area contributed by atoms with Crippen LogP contribution in [0, 0.1) is 0 Å². The summed E-state index contributed by atoms with van der Waals surface area (Å²) in [4.78, 5) is 0. The van der Waals surface area contributed by atoms with Crippen molar-refractivity contribution in [1.29, 1.82) is 0 Å². The van der Waals surface area contributed by atoms with E-state index in [0.29, 0.717) is 0 Å². The van der Waals surface area contributed by atoms with Crippen LogP contribution in [0.25, 0.3) is 5.69 Å². The van der Waals surface area contributed by atoms with Gasteiger partial charge in [-0.05, 0) is 23.3 Å². The van der Waals surface area contributed by atoms with Gasteiger partial charge in [0.1, 0.15) is 5.75 Å². The van der Waals surface area contributed by atoms with Crippen LogP contribution >= 0.6 is 0 Å². The molecule has 14 heavy (non-hydrogen) atoms. The van der Waals surface area contributed by atoms with Crippen molar-refractivity contribution in [3.8, 4) is 11.4 Å². The van der Waals surface area contributed by atoms with Gasteiger partial charge in [-0.3, -0.25) is 0 Å². The summed E-state index contributed by atoms with van der Waals surface area (Å²) < 4.78 is 6.88. The Morgan fingerprint density at radius 3 is 2.50 bits per heavy atom. The van der Waals surface area contributed by atoms with Crippen LogP contribution in [0.3, 0.4) is 0 Å². The molecule has 3 nitrogen and oxygen atoms in total. The molecule has 0 fully saturated rings. The van der Waals surface area contributed by atoms with Gasteiger partial charge in [0.25, 0.3) is 0 Å². The predicted molar refractivity (Wildman–Crippen MR) is 52.3 cm³/mol. The summed E-state index contributed by atoms with van der Waals surface area (Å²) in [6.07, 6.45) is 3.66. The fraction of sp³-hybridized carbons (Fsp3) is 0.0909. The van der Waals surface area contributed by atoms with Gasteiger partial charge in [-0.2, -0.15) is 0 Å². The number of hydrogen-bond donors (Lipinski definition) is 0. The van der Waals surface area contributed by atoms with Gasteiger partial charge >= 0.3 is 0 Å². The second-order valence-electron chi connectivity index (χ2n) is 2.84. The SMILES string of the molecule is COc1ccc(-[n+]2ccccn2)cc1. The van der Waals surface area contributed by atoms with Crippen LogP contribution in [-0.2, 0) is 0 Å². The van der Waals surface area contributed by atoms with Gasteiger partial charge in [0, 0.05) is 18.2 Å². The minimum Gasteiger partial charge on any atom is -0.497 e. The summed E-state index contributed by atoms with van der Waals surface area (Å²) in [6, 6.07) is 11.6. The van der Waals surface area contributed by atoms with Gasteiger partial charge in [0.2, 0.25) is 11.9 Å². The molecule has 0 aliphatic rings. The first-order valence-electron chi connectivity index (χ1n) is 4.37. The van der Waals surface area contributed by atoms with Crippen LogP contribution in [-0.4, -0.2) is 12.2 Å². The lowest BCUT2D eigenvalue weighted by Gasteiger charge is -1.97. The molecular formula is C11H11N2O+. The predicted octanol–water partition coefficient (Wildman–Crippen LogP) is 1.37. The summed E-state index contributed by atoms with van der Waals surface area (Å²) in [5.41, 5.74) is 1.02. The van der Waals surface area contributed by atoms with E-state index in [1.807, 2.05) is 42.6 Å². The average Bonchev–Trinajstić information content (AvgIpc) is 2.30. The Bertz CT molecular complexity index is 397. The van der Waals surface area contributed by atoms with E-state index in [2.05, 4.69) is 5.10 Å². The molecule has 1 aromatic heterocycles. The summed E-state index contributed by atoms with van der Waals surface area (Å²) in [6.45, 7) is 0. The minimum absolute atomic E-state index is 0.852. The molecule has 0 bridgehead atoms. The van der Waals surface area contributed by atoms with E-state index in [9.17, 15) is 0 Å². The van der Waals surface area contributed by atoms with Crippen molar-refractivity contribution in [2.75, 3.05) is 7.11 Å². The van der Waals surface area contributed by atoms with Crippen molar-refractivity contribution < 1.29 is 9.42 Å². The Balaban J connectivity index is 2.34. The standard InChI is InChI=1S/C11H11N2O/c1-14-11-6-4-10(5-7-11)13-9-3-2-8-12-13/h2-9H,1H3/q+1. The summed E-state index contributed by atoms with van der Waals surface area (Å²) in [7, 11) is 1.66. The maximum Gasteiger partial charge on any atom is 0.238 e. The Morgan fingerprint density at radius 1 is 1.14 bits per heavy atom. The monoisotopic (exact) mass is 187 g/mol. The third-order valence-electron chi connectivity index (χ3n) is 1.95. The Kier molecular flexibility index (Phi) is 2.40. The van der Waals surface area contributed by atoms with Crippen molar-refractivity contribution in [3.05, 3.63) is 48.8 Å². The Labute approximate surface area is 82.6 Å². The van der Waals surface area contributed by atoms with E-state index in [0.717, 1.165) is 11.4 Å². The molecule has 2 aromatic rings. The first-order valence-corrected chi connectivity index (χ1v) is 4.37. The van der Waals surface area contributed by atoms with Crippen molar-refractivity contribution in [2.24, 2.45) is 0 Å². The molecule has 0 saturated carbocycles. The number of hydrogen-bond acceptors (Lipinski definition) is 2. The number of aromatic nitrogens is 2. The maximum atomic E-state index is 5.08. The summed E-state index contributed by atoms with van der Waals surface area (Å²) in [5.74, 6) is 0.852. The van der Waals surface area contributed by atoms with E-state index >= 15 is 0 Å². The van der Waals surface area contributed by atoms with Crippen molar-refractivity contribution in [2.45, 2.75) is 0 Å². The van der Waals surface area contributed by atoms with Crippen LogP contribution in [0.15, 0.2) is 48.8 Å². The largest absolute Gasteiger partial charge is 0.497 e. The molecule has 0 spiro atoms. The first-order chi connectivity index (χ1) is 6.90. The second-order valence-corrected chi connectivity index (χ2v) is 2.84.